The Morgan fingerprint density at radius 3 is 2.83 bits per heavy atom. The highest BCUT2D eigenvalue weighted by Gasteiger charge is 2.23. The van der Waals surface area contributed by atoms with E-state index in [-0.39, 0.29) is 5.69 Å². The molecule has 5 nitrogen and oxygen atoms in total. The molecule has 98 valence electrons. The lowest BCUT2D eigenvalue weighted by molar-refractivity contribution is -0.385. The van der Waals surface area contributed by atoms with Crippen LogP contribution in [0.5, 0.6) is 0 Å². The molecule has 1 aliphatic rings. The van der Waals surface area contributed by atoms with Gasteiger partial charge in [0.15, 0.2) is 0 Å². The maximum absolute atomic E-state index is 10.7. The van der Waals surface area contributed by atoms with Gasteiger partial charge in [-0.1, -0.05) is 19.8 Å². The van der Waals surface area contributed by atoms with Gasteiger partial charge in [-0.3, -0.25) is 10.1 Å². The van der Waals surface area contributed by atoms with Crippen LogP contribution < -0.4 is 5.32 Å². The van der Waals surface area contributed by atoms with E-state index in [1.54, 1.807) is 13.0 Å². The van der Waals surface area contributed by atoms with Crippen LogP contribution in [-0.2, 0) is 0 Å². The van der Waals surface area contributed by atoms with Gasteiger partial charge >= 0.3 is 0 Å². The molecule has 2 atom stereocenters. The molecule has 1 fully saturated rings. The molecular formula is C13H19N3O2. The Balaban J connectivity index is 1.98. The highest BCUT2D eigenvalue weighted by molar-refractivity contribution is 5.44. The summed E-state index contributed by atoms with van der Waals surface area (Å²) in [5.41, 5.74) is 0.541. The van der Waals surface area contributed by atoms with Gasteiger partial charge in [0.25, 0.3) is 5.69 Å². The average molecular weight is 249 g/mol. The largest absolute Gasteiger partial charge is 0.370 e. The Morgan fingerprint density at radius 2 is 2.28 bits per heavy atom. The highest BCUT2D eigenvalue weighted by Crippen LogP contribution is 2.31. The summed E-state index contributed by atoms with van der Waals surface area (Å²) in [6.07, 6.45) is 3.87. The van der Waals surface area contributed by atoms with E-state index in [0.29, 0.717) is 11.6 Å². The van der Waals surface area contributed by atoms with E-state index in [1.807, 2.05) is 0 Å². The van der Waals surface area contributed by atoms with E-state index in [1.165, 1.54) is 25.3 Å². The van der Waals surface area contributed by atoms with Gasteiger partial charge in [-0.05, 0) is 31.2 Å². The Labute approximate surface area is 107 Å². The molecular weight excluding hydrogens is 230 g/mol. The Kier molecular flexibility index (Phi) is 3.79. The van der Waals surface area contributed by atoms with Gasteiger partial charge in [0, 0.05) is 12.6 Å². The molecule has 5 heteroatoms. The van der Waals surface area contributed by atoms with Crippen LogP contribution in [0.1, 0.15) is 31.9 Å². The SMILES string of the molecule is Cc1nc(NCC2CCCC2C)ccc1[N+](=O)[O-]. The second kappa shape index (κ2) is 5.33. The van der Waals surface area contributed by atoms with Crippen LogP contribution in [0.15, 0.2) is 12.1 Å². The molecule has 1 aliphatic carbocycles. The first-order valence-corrected chi connectivity index (χ1v) is 6.44. The topological polar surface area (TPSA) is 68.1 Å². The van der Waals surface area contributed by atoms with Crippen molar-refractivity contribution in [1.82, 2.24) is 4.98 Å². The van der Waals surface area contributed by atoms with Crippen LogP contribution in [-0.4, -0.2) is 16.5 Å². The minimum absolute atomic E-state index is 0.0785. The molecule has 0 saturated heterocycles. The van der Waals surface area contributed by atoms with E-state index >= 15 is 0 Å². The standard InChI is InChI=1S/C13H19N3O2/c1-9-4-3-5-11(9)8-14-13-7-6-12(16(17)18)10(2)15-13/h6-7,9,11H,3-5,8H2,1-2H3,(H,14,15). The third-order valence-corrected chi connectivity index (χ3v) is 3.84. The Bertz CT molecular complexity index is 448. The number of aromatic nitrogens is 1. The number of aryl methyl sites for hydroxylation is 1. The Hall–Kier alpha value is -1.65. The summed E-state index contributed by atoms with van der Waals surface area (Å²) in [6.45, 7) is 4.86. The van der Waals surface area contributed by atoms with Crippen molar-refractivity contribution >= 4 is 11.5 Å². The van der Waals surface area contributed by atoms with Crippen molar-refractivity contribution in [1.29, 1.82) is 0 Å². The van der Waals surface area contributed by atoms with Gasteiger partial charge < -0.3 is 5.32 Å². The molecule has 1 saturated carbocycles. The molecule has 1 aromatic heterocycles. The predicted octanol–water partition coefficient (Wildman–Crippen LogP) is 3.15. The minimum atomic E-state index is -0.398. The monoisotopic (exact) mass is 249 g/mol. The lowest BCUT2D eigenvalue weighted by Crippen LogP contribution is -2.17. The summed E-state index contributed by atoms with van der Waals surface area (Å²) < 4.78 is 0. The van der Waals surface area contributed by atoms with Crippen LogP contribution in [0.4, 0.5) is 11.5 Å². The first-order valence-electron chi connectivity index (χ1n) is 6.44. The third kappa shape index (κ3) is 2.78. The minimum Gasteiger partial charge on any atom is -0.370 e. The summed E-state index contributed by atoms with van der Waals surface area (Å²) in [6, 6.07) is 3.20. The van der Waals surface area contributed by atoms with Gasteiger partial charge in [-0.25, -0.2) is 4.98 Å². The second-order valence-electron chi connectivity index (χ2n) is 5.11. The fraction of sp³-hybridized carbons (Fsp3) is 0.615. The number of hydrogen-bond acceptors (Lipinski definition) is 4. The summed E-state index contributed by atoms with van der Waals surface area (Å²) in [7, 11) is 0. The molecule has 1 aromatic rings. The highest BCUT2D eigenvalue weighted by atomic mass is 16.6. The molecule has 2 unspecified atom stereocenters. The first kappa shape index (κ1) is 12.8. The van der Waals surface area contributed by atoms with Crippen molar-refractivity contribution < 1.29 is 4.92 Å². The lowest BCUT2D eigenvalue weighted by atomic mass is 9.98. The van der Waals surface area contributed by atoms with Gasteiger partial charge in [-0.15, -0.1) is 0 Å². The molecule has 1 heterocycles. The predicted molar refractivity (Wildman–Crippen MR) is 70.6 cm³/mol. The van der Waals surface area contributed by atoms with Crippen molar-refractivity contribution in [2.24, 2.45) is 11.8 Å². The van der Waals surface area contributed by atoms with Crippen molar-refractivity contribution in [3.05, 3.63) is 27.9 Å². The average Bonchev–Trinajstić information content (AvgIpc) is 2.72. The van der Waals surface area contributed by atoms with Crippen molar-refractivity contribution in [3.63, 3.8) is 0 Å². The van der Waals surface area contributed by atoms with Crippen LogP contribution >= 0.6 is 0 Å². The summed E-state index contributed by atoms with van der Waals surface area (Å²) in [5, 5.41) is 14.0. The number of nitrogens with one attached hydrogen (secondary N) is 1. The zero-order valence-electron chi connectivity index (χ0n) is 10.8. The molecule has 0 amide bonds. The third-order valence-electron chi connectivity index (χ3n) is 3.84. The molecule has 0 aromatic carbocycles. The van der Waals surface area contributed by atoms with Gasteiger partial charge in [0.1, 0.15) is 11.5 Å². The van der Waals surface area contributed by atoms with Crippen LogP contribution in [0.3, 0.4) is 0 Å². The summed E-state index contributed by atoms with van der Waals surface area (Å²) in [4.78, 5) is 14.5. The van der Waals surface area contributed by atoms with E-state index in [2.05, 4.69) is 17.2 Å². The van der Waals surface area contributed by atoms with Crippen molar-refractivity contribution in [3.8, 4) is 0 Å². The number of nitrogens with zero attached hydrogens (tertiary/aromatic N) is 2. The number of anilines is 1. The van der Waals surface area contributed by atoms with E-state index < -0.39 is 4.92 Å². The normalized spacial score (nSPS) is 23.0. The van der Waals surface area contributed by atoms with Gasteiger partial charge in [0.05, 0.1) is 4.92 Å². The maximum atomic E-state index is 10.7. The van der Waals surface area contributed by atoms with Crippen molar-refractivity contribution in [2.45, 2.75) is 33.1 Å². The number of nitro groups is 1. The molecule has 2 rings (SSSR count). The number of hydrogen-bond donors (Lipinski definition) is 1. The number of pyridine rings is 1. The van der Waals surface area contributed by atoms with Crippen LogP contribution in [0.25, 0.3) is 0 Å². The molecule has 0 spiro atoms. The van der Waals surface area contributed by atoms with E-state index in [0.717, 1.165) is 18.3 Å². The first-order chi connectivity index (χ1) is 8.58. The van der Waals surface area contributed by atoms with Crippen molar-refractivity contribution in [2.75, 3.05) is 11.9 Å². The lowest BCUT2D eigenvalue weighted by Gasteiger charge is -2.16. The molecule has 0 radical (unpaired) electrons. The van der Waals surface area contributed by atoms with Gasteiger partial charge in [0.2, 0.25) is 0 Å². The fourth-order valence-electron chi connectivity index (χ4n) is 2.61. The second-order valence-corrected chi connectivity index (χ2v) is 5.11. The fourth-order valence-corrected chi connectivity index (χ4v) is 2.61. The Morgan fingerprint density at radius 1 is 1.50 bits per heavy atom. The summed E-state index contributed by atoms with van der Waals surface area (Å²) in [5.74, 6) is 2.19. The maximum Gasteiger partial charge on any atom is 0.290 e. The smallest absolute Gasteiger partial charge is 0.290 e. The molecule has 18 heavy (non-hydrogen) atoms. The molecule has 0 bridgehead atoms. The zero-order valence-corrected chi connectivity index (χ0v) is 10.8. The van der Waals surface area contributed by atoms with Crippen LogP contribution in [0, 0.1) is 28.9 Å². The quantitative estimate of drug-likeness (QED) is 0.657. The summed E-state index contributed by atoms with van der Waals surface area (Å²) >= 11 is 0. The van der Waals surface area contributed by atoms with Crippen LogP contribution in [0.2, 0.25) is 0 Å². The number of rotatable bonds is 4. The van der Waals surface area contributed by atoms with E-state index in [9.17, 15) is 10.1 Å². The van der Waals surface area contributed by atoms with Gasteiger partial charge in [-0.2, -0.15) is 0 Å². The molecule has 0 aliphatic heterocycles. The molecule has 1 N–H and O–H groups in total. The van der Waals surface area contributed by atoms with E-state index in [4.69, 9.17) is 0 Å². The zero-order chi connectivity index (χ0) is 13.1.